The van der Waals surface area contributed by atoms with Crippen LogP contribution in [0.5, 0.6) is 0 Å². The summed E-state index contributed by atoms with van der Waals surface area (Å²) in [6.07, 6.45) is 0.784. The lowest BCUT2D eigenvalue weighted by molar-refractivity contribution is 0.112. The first-order valence-corrected chi connectivity index (χ1v) is 5.22. The first-order valence-electron chi connectivity index (χ1n) is 4.03. The second kappa shape index (κ2) is 3.69. The van der Waals surface area contributed by atoms with E-state index in [-0.39, 0.29) is 6.61 Å². The van der Waals surface area contributed by atoms with Crippen LogP contribution in [-0.2, 0) is 6.61 Å². The SMILES string of the molecule is O=Cc1ccc2sc(CO)c(Cl)c2c1. The van der Waals surface area contributed by atoms with E-state index in [1.807, 2.05) is 6.07 Å². The molecule has 0 saturated carbocycles. The van der Waals surface area contributed by atoms with Crippen molar-refractivity contribution in [2.24, 2.45) is 0 Å². The first kappa shape index (κ1) is 9.65. The third-order valence-electron chi connectivity index (χ3n) is 2.00. The highest BCUT2D eigenvalue weighted by atomic mass is 35.5. The summed E-state index contributed by atoms with van der Waals surface area (Å²) >= 11 is 7.47. The molecule has 2 aromatic rings. The Morgan fingerprint density at radius 3 is 2.93 bits per heavy atom. The maximum atomic E-state index is 10.5. The van der Waals surface area contributed by atoms with Crippen LogP contribution in [0.15, 0.2) is 18.2 Å². The van der Waals surface area contributed by atoms with Crippen LogP contribution in [0, 0.1) is 0 Å². The number of aliphatic hydroxyl groups is 1. The van der Waals surface area contributed by atoms with E-state index in [1.165, 1.54) is 11.3 Å². The molecule has 0 aliphatic heterocycles. The van der Waals surface area contributed by atoms with Crippen molar-refractivity contribution < 1.29 is 9.90 Å². The number of benzene rings is 1. The lowest BCUT2D eigenvalue weighted by Crippen LogP contribution is -1.77. The molecular weight excluding hydrogens is 220 g/mol. The highest BCUT2D eigenvalue weighted by Crippen LogP contribution is 2.35. The van der Waals surface area contributed by atoms with Gasteiger partial charge in [-0.2, -0.15) is 0 Å². The van der Waals surface area contributed by atoms with Gasteiger partial charge < -0.3 is 5.11 Å². The van der Waals surface area contributed by atoms with Gasteiger partial charge in [0.15, 0.2) is 0 Å². The van der Waals surface area contributed by atoms with Gasteiger partial charge in [-0.25, -0.2) is 0 Å². The van der Waals surface area contributed by atoms with E-state index < -0.39 is 0 Å². The van der Waals surface area contributed by atoms with Crippen molar-refractivity contribution in [2.45, 2.75) is 6.61 Å². The number of hydrogen-bond donors (Lipinski definition) is 1. The van der Waals surface area contributed by atoms with Gasteiger partial charge in [0.2, 0.25) is 0 Å². The molecule has 4 heteroatoms. The second-order valence-electron chi connectivity index (χ2n) is 2.87. The van der Waals surface area contributed by atoms with Crippen molar-refractivity contribution in [2.75, 3.05) is 0 Å². The number of halogens is 1. The second-order valence-corrected chi connectivity index (χ2v) is 4.39. The Hall–Kier alpha value is -0.900. The highest BCUT2D eigenvalue weighted by molar-refractivity contribution is 7.19. The predicted molar refractivity (Wildman–Crippen MR) is 58.1 cm³/mol. The number of carbonyl (C=O) groups is 1. The predicted octanol–water partition coefficient (Wildman–Crippen LogP) is 2.86. The van der Waals surface area contributed by atoms with Gasteiger partial charge in [0.25, 0.3) is 0 Å². The lowest BCUT2D eigenvalue weighted by Gasteiger charge is -1.92. The Kier molecular flexibility index (Phi) is 2.54. The van der Waals surface area contributed by atoms with Crippen LogP contribution in [0.1, 0.15) is 15.2 Å². The molecule has 0 aliphatic rings. The summed E-state index contributed by atoms with van der Waals surface area (Å²) < 4.78 is 0.990. The standard InChI is InChI=1S/C10H7ClO2S/c11-10-7-3-6(4-12)1-2-8(7)14-9(10)5-13/h1-4,13H,5H2. The first-order chi connectivity index (χ1) is 6.76. The molecule has 1 aromatic carbocycles. The highest BCUT2D eigenvalue weighted by Gasteiger charge is 2.09. The number of hydrogen-bond acceptors (Lipinski definition) is 3. The Bertz CT molecular complexity index is 490. The van der Waals surface area contributed by atoms with E-state index in [1.54, 1.807) is 12.1 Å². The van der Waals surface area contributed by atoms with Crippen LogP contribution in [-0.4, -0.2) is 11.4 Å². The molecule has 0 bridgehead atoms. The summed E-state index contributed by atoms with van der Waals surface area (Å²) in [6, 6.07) is 5.32. The minimum Gasteiger partial charge on any atom is -0.391 e. The van der Waals surface area contributed by atoms with E-state index in [2.05, 4.69) is 0 Å². The molecule has 2 nitrogen and oxygen atoms in total. The van der Waals surface area contributed by atoms with Crippen molar-refractivity contribution in [1.29, 1.82) is 0 Å². The van der Waals surface area contributed by atoms with Gasteiger partial charge in [0.05, 0.1) is 11.6 Å². The number of carbonyl (C=O) groups excluding carboxylic acids is 1. The number of rotatable bonds is 2. The third-order valence-corrected chi connectivity index (χ3v) is 3.70. The molecule has 0 aliphatic carbocycles. The lowest BCUT2D eigenvalue weighted by atomic mass is 10.2. The molecule has 0 atom stereocenters. The maximum Gasteiger partial charge on any atom is 0.150 e. The molecule has 14 heavy (non-hydrogen) atoms. The van der Waals surface area contributed by atoms with Gasteiger partial charge in [-0.3, -0.25) is 4.79 Å². The maximum absolute atomic E-state index is 10.5. The van der Waals surface area contributed by atoms with E-state index in [0.717, 1.165) is 21.2 Å². The quantitative estimate of drug-likeness (QED) is 0.800. The largest absolute Gasteiger partial charge is 0.391 e. The molecule has 72 valence electrons. The number of aldehydes is 1. The van der Waals surface area contributed by atoms with E-state index in [9.17, 15) is 4.79 Å². The zero-order valence-electron chi connectivity index (χ0n) is 7.16. The summed E-state index contributed by atoms with van der Waals surface area (Å²) in [7, 11) is 0. The third kappa shape index (κ3) is 1.43. The van der Waals surface area contributed by atoms with Gasteiger partial charge >= 0.3 is 0 Å². The zero-order valence-corrected chi connectivity index (χ0v) is 8.73. The average Bonchev–Trinajstić information content (AvgIpc) is 2.55. The smallest absolute Gasteiger partial charge is 0.150 e. The van der Waals surface area contributed by atoms with Crippen molar-refractivity contribution in [1.82, 2.24) is 0 Å². The van der Waals surface area contributed by atoms with Gasteiger partial charge in [-0.15, -0.1) is 11.3 Å². The molecular formula is C10H7ClO2S. The summed E-state index contributed by atoms with van der Waals surface area (Å²) in [4.78, 5) is 11.3. The van der Waals surface area contributed by atoms with E-state index in [4.69, 9.17) is 16.7 Å². The van der Waals surface area contributed by atoms with Gasteiger partial charge in [-0.1, -0.05) is 17.7 Å². The summed E-state index contributed by atoms with van der Waals surface area (Å²) in [6.45, 7) is -0.0609. The molecule has 0 fully saturated rings. The van der Waals surface area contributed by atoms with E-state index >= 15 is 0 Å². The summed E-state index contributed by atoms with van der Waals surface area (Å²) in [5.41, 5.74) is 0.599. The Balaban J connectivity index is 2.73. The van der Waals surface area contributed by atoms with Crippen LogP contribution < -0.4 is 0 Å². The van der Waals surface area contributed by atoms with E-state index in [0.29, 0.717) is 10.6 Å². The Labute approximate surface area is 89.7 Å². The minimum atomic E-state index is -0.0609. The number of thiophene rings is 1. The fraction of sp³-hybridized carbons (Fsp3) is 0.100. The molecule has 0 amide bonds. The van der Waals surface area contributed by atoms with Crippen molar-refractivity contribution in [3.8, 4) is 0 Å². The average molecular weight is 227 g/mol. The fourth-order valence-corrected chi connectivity index (χ4v) is 2.64. The van der Waals surface area contributed by atoms with Crippen molar-refractivity contribution in [3.63, 3.8) is 0 Å². The molecule has 1 N–H and O–H groups in total. The molecule has 1 heterocycles. The van der Waals surface area contributed by atoms with Crippen LogP contribution in [0.25, 0.3) is 10.1 Å². The molecule has 0 spiro atoms. The van der Waals surface area contributed by atoms with Crippen LogP contribution in [0.4, 0.5) is 0 Å². The monoisotopic (exact) mass is 226 g/mol. The molecule has 1 aromatic heterocycles. The minimum absolute atomic E-state index is 0.0609. The Morgan fingerprint density at radius 2 is 2.29 bits per heavy atom. The van der Waals surface area contributed by atoms with Crippen LogP contribution >= 0.6 is 22.9 Å². The molecule has 0 radical (unpaired) electrons. The van der Waals surface area contributed by atoms with Gasteiger partial charge in [0, 0.05) is 20.5 Å². The normalized spacial score (nSPS) is 10.7. The molecule has 0 saturated heterocycles. The molecule has 2 rings (SSSR count). The van der Waals surface area contributed by atoms with Crippen molar-refractivity contribution >= 4 is 39.3 Å². The number of aliphatic hydroxyl groups excluding tert-OH is 1. The van der Waals surface area contributed by atoms with Crippen LogP contribution in [0.3, 0.4) is 0 Å². The fourth-order valence-electron chi connectivity index (χ4n) is 1.31. The van der Waals surface area contributed by atoms with Crippen molar-refractivity contribution in [3.05, 3.63) is 33.7 Å². The topological polar surface area (TPSA) is 37.3 Å². The van der Waals surface area contributed by atoms with Gasteiger partial charge in [0.1, 0.15) is 6.29 Å². The Morgan fingerprint density at radius 1 is 1.50 bits per heavy atom. The number of fused-ring (bicyclic) bond motifs is 1. The zero-order chi connectivity index (χ0) is 10.1. The van der Waals surface area contributed by atoms with Crippen LogP contribution in [0.2, 0.25) is 5.02 Å². The summed E-state index contributed by atoms with van der Waals surface area (Å²) in [5.74, 6) is 0. The van der Waals surface area contributed by atoms with Gasteiger partial charge in [-0.05, 0) is 12.1 Å². The molecule has 0 unspecified atom stereocenters. The summed E-state index contributed by atoms with van der Waals surface area (Å²) in [5, 5.41) is 10.4.